The zero-order valence-electron chi connectivity index (χ0n) is 14.7. The van der Waals surface area contributed by atoms with Crippen molar-refractivity contribution in [1.82, 2.24) is 4.90 Å². The molecule has 1 aliphatic rings. The number of methoxy groups -OCH3 is 1. The maximum absolute atomic E-state index is 13.7. The van der Waals surface area contributed by atoms with Crippen molar-refractivity contribution in [1.29, 1.82) is 0 Å². The first-order valence-corrected chi connectivity index (χ1v) is 8.53. The van der Waals surface area contributed by atoms with Gasteiger partial charge in [-0.15, -0.1) is 0 Å². The number of nitrogens with zero attached hydrogens (tertiary/aromatic N) is 2. The highest BCUT2D eigenvalue weighted by atomic mass is 19.1. The Balaban J connectivity index is 1.60. The van der Waals surface area contributed by atoms with Crippen LogP contribution in [-0.2, 0) is 16.0 Å². The van der Waals surface area contributed by atoms with E-state index in [4.69, 9.17) is 4.74 Å². The van der Waals surface area contributed by atoms with Gasteiger partial charge in [0.05, 0.1) is 19.1 Å². The molecule has 0 aromatic heterocycles. The predicted octanol–water partition coefficient (Wildman–Crippen LogP) is 2.50. The molecule has 0 spiro atoms. The molecule has 0 N–H and O–H groups in total. The number of benzene rings is 2. The quantitative estimate of drug-likeness (QED) is 0.790. The number of piperazine rings is 1. The SMILES string of the molecule is COC(=O)c1cccc(N2CCN(C(=O)Cc3ccccc3F)CC2)c1. The third-order valence-corrected chi connectivity index (χ3v) is 4.56. The molecule has 1 saturated heterocycles. The maximum Gasteiger partial charge on any atom is 0.337 e. The van der Waals surface area contributed by atoms with Crippen molar-refractivity contribution in [3.63, 3.8) is 0 Å². The minimum atomic E-state index is -0.370. The van der Waals surface area contributed by atoms with Crippen LogP contribution in [0.1, 0.15) is 15.9 Å². The number of halogens is 1. The van der Waals surface area contributed by atoms with Crippen molar-refractivity contribution in [2.45, 2.75) is 6.42 Å². The summed E-state index contributed by atoms with van der Waals surface area (Å²) in [5.74, 6) is -0.789. The minimum absolute atomic E-state index is 0.0712. The van der Waals surface area contributed by atoms with Crippen molar-refractivity contribution >= 4 is 17.6 Å². The van der Waals surface area contributed by atoms with E-state index in [1.165, 1.54) is 13.2 Å². The molecule has 0 saturated carbocycles. The summed E-state index contributed by atoms with van der Waals surface area (Å²) >= 11 is 0. The van der Waals surface area contributed by atoms with Crippen molar-refractivity contribution in [3.8, 4) is 0 Å². The molecule has 0 radical (unpaired) electrons. The van der Waals surface area contributed by atoms with Crippen molar-refractivity contribution in [2.75, 3.05) is 38.2 Å². The monoisotopic (exact) mass is 356 g/mol. The molecule has 1 fully saturated rings. The largest absolute Gasteiger partial charge is 0.465 e. The maximum atomic E-state index is 13.7. The van der Waals surface area contributed by atoms with Crippen LogP contribution >= 0.6 is 0 Å². The fourth-order valence-electron chi connectivity index (χ4n) is 3.08. The highest BCUT2D eigenvalue weighted by Crippen LogP contribution is 2.19. The van der Waals surface area contributed by atoms with E-state index >= 15 is 0 Å². The second-order valence-corrected chi connectivity index (χ2v) is 6.18. The van der Waals surface area contributed by atoms with E-state index in [0.29, 0.717) is 37.3 Å². The van der Waals surface area contributed by atoms with Crippen LogP contribution in [0.15, 0.2) is 48.5 Å². The van der Waals surface area contributed by atoms with Crippen LogP contribution in [0.2, 0.25) is 0 Å². The lowest BCUT2D eigenvalue weighted by atomic mass is 10.1. The Morgan fingerprint density at radius 2 is 1.77 bits per heavy atom. The van der Waals surface area contributed by atoms with E-state index in [9.17, 15) is 14.0 Å². The van der Waals surface area contributed by atoms with E-state index in [1.807, 2.05) is 12.1 Å². The Morgan fingerprint density at radius 3 is 2.46 bits per heavy atom. The second-order valence-electron chi connectivity index (χ2n) is 6.18. The summed E-state index contributed by atoms with van der Waals surface area (Å²) in [7, 11) is 1.36. The lowest BCUT2D eigenvalue weighted by Crippen LogP contribution is -2.49. The molecule has 136 valence electrons. The van der Waals surface area contributed by atoms with E-state index in [0.717, 1.165) is 5.69 Å². The van der Waals surface area contributed by atoms with Crippen LogP contribution in [0, 0.1) is 5.82 Å². The van der Waals surface area contributed by atoms with Crippen LogP contribution in [0.25, 0.3) is 0 Å². The summed E-state index contributed by atoms with van der Waals surface area (Å²) in [4.78, 5) is 28.0. The van der Waals surface area contributed by atoms with Gasteiger partial charge >= 0.3 is 5.97 Å². The molecule has 5 nitrogen and oxygen atoms in total. The van der Waals surface area contributed by atoms with Gasteiger partial charge in [-0.3, -0.25) is 4.79 Å². The van der Waals surface area contributed by atoms with Gasteiger partial charge in [-0.05, 0) is 29.8 Å². The molecule has 0 atom stereocenters. The average molecular weight is 356 g/mol. The highest BCUT2D eigenvalue weighted by Gasteiger charge is 2.22. The Morgan fingerprint density at radius 1 is 1.04 bits per heavy atom. The number of rotatable bonds is 4. The molecule has 1 amide bonds. The molecule has 1 aliphatic heterocycles. The lowest BCUT2D eigenvalue weighted by molar-refractivity contribution is -0.130. The molecule has 2 aromatic carbocycles. The van der Waals surface area contributed by atoms with Crippen molar-refractivity contribution in [3.05, 3.63) is 65.5 Å². The standard InChI is InChI=1S/C20H21FN2O3/c1-26-20(25)16-6-4-7-17(13-16)22-9-11-23(12-10-22)19(24)14-15-5-2-3-8-18(15)21/h2-8,13H,9-12,14H2,1H3. The van der Waals surface area contributed by atoms with E-state index < -0.39 is 0 Å². The molecular formula is C20H21FN2O3. The van der Waals surface area contributed by atoms with Crippen LogP contribution in [0.5, 0.6) is 0 Å². The molecule has 0 aliphatic carbocycles. The summed E-state index contributed by atoms with van der Waals surface area (Å²) < 4.78 is 18.5. The van der Waals surface area contributed by atoms with Crippen LogP contribution < -0.4 is 4.90 Å². The van der Waals surface area contributed by atoms with Crippen molar-refractivity contribution < 1.29 is 18.7 Å². The topological polar surface area (TPSA) is 49.9 Å². The van der Waals surface area contributed by atoms with Gasteiger partial charge in [-0.1, -0.05) is 24.3 Å². The Kier molecular flexibility index (Phi) is 5.51. The summed E-state index contributed by atoms with van der Waals surface area (Å²) in [6.45, 7) is 2.45. The van der Waals surface area contributed by atoms with E-state index in [1.54, 1.807) is 35.2 Å². The van der Waals surface area contributed by atoms with Crippen LogP contribution in [0.4, 0.5) is 10.1 Å². The highest BCUT2D eigenvalue weighted by molar-refractivity contribution is 5.90. The molecular weight excluding hydrogens is 335 g/mol. The molecule has 0 unspecified atom stereocenters. The van der Waals surface area contributed by atoms with Gasteiger partial charge in [0, 0.05) is 31.9 Å². The first-order chi connectivity index (χ1) is 12.6. The van der Waals surface area contributed by atoms with Crippen LogP contribution in [-0.4, -0.2) is 50.1 Å². The van der Waals surface area contributed by atoms with Gasteiger partial charge in [0.25, 0.3) is 0 Å². The molecule has 2 aromatic rings. The van der Waals surface area contributed by atoms with Gasteiger partial charge < -0.3 is 14.5 Å². The summed E-state index contributed by atoms with van der Waals surface area (Å²) in [6, 6.07) is 13.6. The molecule has 1 heterocycles. The summed E-state index contributed by atoms with van der Waals surface area (Å²) in [5, 5.41) is 0. The van der Waals surface area contributed by atoms with Gasteiger partial charge in [0.2, 0.25) is 5.91 Å². The summed E-state index contributed by atoms with van der Waals surface area (Å²) in [5.41, 5.74) is 1.85. The fourth-order valence-corrected chi connectivity index (χ4v) is 3.08. The molecule has 6 heteroatoms. The number of carbonyl (C=O) groups excluding carboxylic acids is 2. The Bertz CT molecular complexity index is 801. The first kappa shape index (κ1) is 17.9. The zero-order chi connectivity index (χ0) is 18.5. The smallest absolute Gasteiger partial charge is 0.337 e. The van der Waals surface area contributed by atoms with Gasteiger partial charge in [0.1, 0.15) is 5.82 Å². The lowest BCUT2D eigenvalue weighted by Gasteiger charge is -2.36. The van der Waals surface area contributed by atoms with Gasteiger partial charge in [-0.2, -0.15) is 0 Å². The number of ether oxygens (including phenoxy) is 1. The number of carbonyl (C=O) groups is 2. The fraction of sp³-hybridized carbons (Fsp3) is 0.300. The number of hydrogen-bond acceptors (Lipinski definition) is 4. The third kappa shape index (κ3) is 4.02. The van der Waals surface area contributed by atoms with Gasteiger partial charge in [0.15, 0.2) is 0 Å². The van der Waals surface area contributed by atoms with Gasteiger partial charge in [-0.25, -0.2) is 9.18 Å². The van der Waals surface area contributed by atoms with E-state index in [-0.39, 0.29) is 24.1 Å². The number of esters is 1. The Labute approximate surface area is 152 Å². The van der Waals surface area contributed by atoms with Crippen molar-refractivity contribution in [2.24, 2.45) is 0 Å². The molecule has 3 rings (SSSR count). The second kappa shape index (κ2) is 7.99. The average Bonchev–Trinajstić information content (AvgIpc) is 2.69. The third-order valence-electron chi connectivity index (χ3n) is 4.56. The zero-order valence-corrected chi connectivity index (χ0v) is 14.7. The predicted molar refractivity (Wildman–Crippen MR) is 96.7 cm³/mol. The van der Waals surface area contributed by atoms with E-state index in [2.05, 4.69) is 4.90 Å². The molecule has 26 heavy (non-hydrogen) atoms. The number of anilines is 1. The molecule has 0 bridgehead atoms. The first-order valence-electron chi connectivity index (χ1n) is 8.53. The Hall–Kier alpha value is -2.89. The summed E-state index contributed by atoms with van der Waals surface area (Å²) in [6.07, 6.45) is 0.0739. The normalized spacial score (nSPS) is 14.2. The number of amides is 1. The number of hydrogen-bond donors (Lipinski definition) is 0. The minimum Gasteiger partial charge on any atom is -0.465 e. The van der Waals surface area contributed by atoms with Crippen LogP contribution in [0.3, 0.4) is 0 Å².